The van der Waals surface area contributed by atoms with Crippen molar-refractivity contribution in [2.75, 3.05) is 0 Å². The lowest BCUT2D eigenvalue weighted by atomic mass is 9.85. The van der Waals surface area contributed by atoms with E-state index in [9.17, 15) is 0 Å². The Bertz CT molecular complexity index is 1920. The van der Waals surface area contributed by atoms with Crippen LogP contribution in [0.2, 0.25) is 0 Å². The van der Waals surface area contributed by atoms with E-state index in [1.807, 2.05) is 18.2 Å². The highest BCUT2D eigenvalue weighted by Gasteiger charge is 2.35. The SMILES string of the molecule is C=C/C=C\C(=C)/C(C)=C/C1=C(C)Cc2ccc(C3=CC=C(/C(C=C)=C/C=N)CC3)c3c2P1c1cc(-c2ccccc2)ccc1C3. The standard InChI is InChI=1S/C43H40NP/c1-6-8-12-29(3)30(4)26-41-31(5)25-38-21-22-39(35-17-15-34(16-18-35)32(7-2)23-24-44)40-27-37-20-19-36(33-13-10-9-11-14-33)28-42(37)45(41)43(38)40/h6-15,17,19-24,26,28,44H,1-3,16,18,25,27H2,4-5H3/b12-8-,30-26+,32-23+,44-24?. The summed E-state index contributed by atoms with van der Waals surface area (Å²) in [7, 11) is -0.751. The summed E-state index contributed by atoms with van der Waals surface area (Å²) in [6.07, 6.45) is 21.7. The molecule has 2 heteroatoms. The van der Waals surface area contributed by atoms with E-state index >= 15 is 0 Å². The molecule has 1 unspecified atom stereocenters. The Morgan fingerprint density at radius 2 is 1.71 bits per heavy atom. The minimum atomic E-state index is -0.751. The molecule has 3 aliphatic rings. The van der Waals surface area contributed by atoms with Crippen LogP contribution in [0.5, 0.6) is 0 Å². The second-order valence-electron chi connectivity index (χ2n) is 12.0. The molecule has 0 saturated heterocycles. The number of rotatable bonds is 9. The summed E-state index contributed by atoms with van der Waals surface area (Å²) in [6.45, 7) is 16.7. The van der Waals surface area contributed by atoms with Crippen LogP contribution in [0.3, 0.4) is 0 Å². The van der Waals surface area contributed by atoms with Gasteiger partial charge in [-0.25, -0.2) is 0 Å². The van der Waals surface area contributed by atoms with E-state index in [0.29, 0.717) is 0 Å². The summed E-state index contributed by atoms with van der Waals surface area (Å²) >= 11 is 0. The molecule has 3 aromatic rings. The average Bonchev–Trinajstić information content (AvgIpc) is 3.07. The summed E-state index contributed by atoms with van der Waals surface area (Å²) in [4.78, 5) is 0. The third-order valence-corrected chi connectivity index (χ3v) is 12.1. The van der Waals surface area contributed by atoms with Crippen LogP contribution in [0, 0.1) is 5.41 Å². The molecule has 0 radical (unpaired) electrons. The van der Waals surface area contributed by atoms with Gasteiger partial charge in [-0.1, -0.05) is 122 Å². The second-order valence-corrected chi connectivity index (χ2v) is 14.1. The quantitative estimate of drug-likeness (QED) is 0.143. The van der Waals surface area contributed by atoms with Gasteiger partial charge in [-0.05, 0) is 137 Å². The van der Waals surface area contributed by atoms with Gasteiger partial charge < -0.3 is 5.41 Å². The van der Waals surface area contributed by atoms with Crippen molar-refractivity contribution < 1.29 is 0 Å². The molecule has 0 saturated carbocycles. The second kappa shape index (κ2) is 13.2. The lowest BCUT2D eigenvalue weighted by Gasteiger charge is -2.38. The van der Waals surface area contributed by atoms with Gasteiger partial charge in [-0.2, -0.15) is 0 Å². The Labute approximate surface area is 270 Å². The van der Waals surface area contributed by atoms with E-state index in [1.54, 1.807) is 11.4 Å². The molecule has 222 valence electrons. The monoisotopic (exact) mass is 601 g/mol. The Balaban J connectivity index is 1.53. The molecule has 45 heavy (non-hydrogen) atoms. The van der Waals surface area contributed by atoms with E-state index in [0.717, 1.165) is 36.8 Å². The fourth-order valence-electron chi connectivity index (χ4n) is 6.75. The van der Waals surface area contributed by atoms with Gasteiger partial charge in [0.1, 0.15) is 0 Å². The molecule has 2 aliphatic heterocycles. The number of hydrogen-bond acceptors (Lipinski definition) is 1. The molecule has 1 aliphatic carbocycles. The van der Waals surface area contributed by atoms with Gasteiger partial charge in [0, 0.05) is 6.21 Å². The number of allylic oxidation sites excluding steroid dienone is 15. The first-order chi connectivity index (χ1) is 21.9. The third-order valence-electron chi connectivity index (χ3n) is 9.17. The van der Waals surface area contributed by atoms with Crippen molar-refractivity contribution in [3.8, 4) is 11.1 Å². The molecular weight excluding hydrogens is 561 g/mol. The van der Waals surface area contributed by atoms with E-state index in [4.69, 9.17) is 5.41 Å². The number of hydrogen-bond donors (Lipinski definition) is 1. The van der Waals surface area contributed by atoms with E-state index < -0.39 is 7.92 Å². The first kappa shape index (κ1) is 30.4. The molecule has 1 nitrogen and oxygen atoms in total. The van der Waals surface area contributed by atoms with Gasteiger partial charge in [-0.3, -0.25) is 0 Å². The molecular formula is C43H40NP. The van der Waals surface area contributed by atoms with Crippen LogP contribution < -0.4 is 10.6 Å². The molecule has 0 amide bonds. The molecule has 1 N–H and O–H groups in total. The maximum atomic E-state index is 7.53. The summed E-state index contributed by atoms with van der Waals surface area (Å²) in [5, 5.41) is 12.0. The lowest BCUT2D eigenvalue weighted by molar-refractivity contribution is 0.989. The number of benzene rings is 3. The van der Waals surface area contributed by atoms with Crippen LogP contribution in [0.15, 0.2) is 162 Å². The minimum absolute atomic E-state index is 0.751. The smallest absolute Gasteiger partial charge is 0.0183 e. The van der Waals surface area contributed by atoms with Crippen LogP contribution in [0.1, 0.15) is 48.9 Å². The first-order valence-corrected chi connectivity index (χ1v) is 17.0. The summed E-state index contributed by atoms with van der Waals surface area (Å²) < 4.78 is 0. The van der Waals surface area contributed by atoms with Crippen LogP contribution in [-0.2, 0) is 12.8 Å². The molecule has 6 rings (SSSR count). The van der Waals surface area contributed by atoms with E-state index in [1.165, 1.54) is 72.5 Å². The van der Waals surface area contributed by atoms with Gasteiger partial charge >= 0.3 is 0 Å². The Morgan fingerprint density at radius 3 is 2.42 bits per heavy atom. The van der Waals surface area contributed by atoms with Crippen molar-refractivity contribution in [1.82, 2.24) is 0 Å². The lowest BCUT2D eigenvalue weighted by Crippen LogP contribution is -2.32. The van der Waals surface area contributed by atoms with Gasteiger partial charge in [0.15, 0.2) is 0 Å². The Morgan fingerprint density at radius 1 is 0.911 bits per heavy atom. The predicted octanol–water partition coefficient (Wildman–Crippen LogP) is 10.6. The van der Waals surface area contributed by atoms with E-state index in [-0.39, 0.29) is 0 Å². The highest BCUT2D eigenvalue weighted by molar-refractivity contribution is 7.77. The molecule has 0 spiro atoms. The van der Waals surface area contributed by atoms with Gasteiger partial charge in [0.2, 0.25) is 0 Å². The zero-order chi connectivity index (χ0) is 31.5. The average molecular weight is 602 g/mol. The van der Waals surface area contributed by atoms with Crippen molar-refractivity contribution >= 4 is 30.3 Å². The topological polar surface area (TPSA) is 23.9 Å². The largest absolute Gasteiger partial charge is 0.309 e. The van der Waals surface area contributed by atoms with Crippen molar-refractivity contribution in [1.29, 1.82) is 5.41 Å². The molecule has 2 heterocycles. The molecule has 0 bridgehead atoms. The van der Waals surface area contributed by atoms with Gasteiger partial charge in [0.05, 0.1) is 0 Å². The molecule has 0 aromatic heterocycles. The van der Waals surface area contributed by atoms with Crippen molar-refractivity contribution in [2.24, 2.45) is 0 Å². The third kappa shape index (κ3) is 5.94. The molecule has 3 aromatic carbocycles. The van der Waals surface area contributed by atoms with E-state index in [2.05, 4.69) is 119 Å². The normalized spacial score (nSPS) is 17.7. The highest BCUT2D eigenvalue weighted by Crippen LogP contribution is 2.55. The van der Waals surface area contributed by atoms with Crippen molar-refractivity contribution in [2.45, 2.75) is 39.5 Å². The highest BCUT2D eigenvalue weighted by atomic mass is 31.1. The van der Waals surface area contributed by atoms with Crippen molar-refractivity contribution in [3.63, 3.8) is 0 Å². The minimum Gasteiger partial charge on any atom is -0.309 e. The maximum Gasteiger partial charge on any atom is 0.0183 e. The van der Waals surface area contributed by atoms with Crippen molar-refractivity contribution in [3.05, 3.63) is 184 Å². The van der Waals surface area contributed by atoms with Crippen LogP contribution in [-0.4, -0.2) is 6.21 Å². The first-order valence-electron chi connectivity index (χ1n) is 15.7. The fourth-order valence-corrected chi connectivity index (χ4v) is 9.89. The summed E-state index contributed by atoms with van der Waals surface area (Å²) in [5.74, 6) is 0. The zero-order valence-corrected chi connectivity index (χ0v) is 27.3. The summed E-state index contributed by atoms with van der Waals surface area (Å²) in [5.41, 5.74) is 15.7. The fraction of sp³-hybridized carbons (Fsp3) is 0.140. The Kier molecular flexibility index (Phi) is 8.92. The number of fused-ring (bicyclic) bond motifs is 2. The van der Waals surface area contributed by atoms with Crippen LogP contribution in [0.4, 0.5) is 0 Å². The maximum absolute atomic E-state index is 7.53. The number of nitrogens with one attached hydrogen (secondary N) is 1. The van der Waals surface area contributed by atoms with Crippen LogP contribution in [0.25, 0.3) is 16.7 Å². The molecule has 0 fully saturated rings. The van der Waals surface area contributed by atoms with Crippen LogP contribution >= 0.6 is 7.92 Å². The predicted molar refractivity (Wildman–Crippen MR) is 198 cm³/mol. The van der Waals surface area contributed by atoms with Gasteiger partial charge in [-0.15, -0.1) is 0 Å². The van der Waals surface area contributed by atoms with Gasteiger partial charge in [0.25, 0.3) is 0 Å². The summed E-state index contributed by atoms with van der Waals surface area (Å²) in [6, 6.07) is 22.7. The molecule has 1 atom stereocenters. The zero-order valence-electron chi connectivity index (χ0n) is 26.4. The Hall–Kier alpha value is -4.58.